The lowest BCUT2D eigenvalue weighted by Crippen LogP contribution is -2.19. The van der Waals surface area contributed by atoms with Crippen LogP contribution in [-0.4, -0.2) is 13.0 Å². The molecule has 0 bridgehead atoms. The Hall–Kier alpha value is -2.33. The number of methoxy groups -OCH3 is 1. The highest BCUT2D eigenvalue weighted by molar-refractivity contribution is 6.04. The topological polar surface area (TPSA) is 64.3 Å². The van der Waals surface area contributed by atoms with Crippen molar-refractivity contribution in [1.29, 1.82) is 0 Å². The van der Waals surface area contributed by atoms with Crippen molar-refractivity contribution in [3.05, 3.63) is 59.7 Å². The van der Waals surface area contributed by atoms with E-state index in [0.29, 0.717) is 11.3 Å². The summed E-state index contributed by atoms with van der Waals surface area (Å²) < 4.78 is 5.42. The normalized spacial score (nSPS) is 11.2. The van der Waals surface area contributed by atoms with E-state index >= 15 is 0 Å². The highest BCUT2D eigenvalue weighted by Crippen LogP contribution is 2.24. The van der Waals surface area contributed by atoms with E-state index in [2.05, 4.69) is 5.32 Å². The second-order valence-electron chi connectivity index (χ2n) is 5.37. The fraction of sp³-hybridized carbons (Fsp3) is 0.235. The van der Waals surface area contributed by atoms with Crippen LogP contribution in [0.3, 0.4) is 0 Å². The molecular formula is C17H20N2O2. The molecule has 0 aliphatic carbocycles. The molecule has 0 heterocycles. The zero-order valence-electron chi connectivity index (χ0n) is 12.5. The van der Waals surface area contributed by atoms with Crippen LogP contribution in [0.1, 0.15) is 29.8 Å². The Labute approximate surface area is 124 Å². The molecule has 0 aromatic heterocycles. The van der Waals surface area contributed by atoms with E-state index in [1.165, 1.54) is 0 Å². The lowest BCUT2D eigenvalue weighted by molar-refractivity contribution is 0.0192. The van der Waals surface area contributed by atoms with Gasteiger partial charge in [-0.05, 0) is 55.8 Å². The number of rotatable bonds is 4. The van der Waals surface area contributed by atoms with Gasteiger partial charge in [-0.25, -0.2) is 0 Å². The maximum absolute atomic E-state index is 12.2. The number of nitrogens with two attached hydrogens (primary N) is 1. The molecule has 0 fully saturated rings. The number of nitrogen functional groups attached to an aromatic ring is 1. The van der Waals surface area contributed by atoms with Gasteiger partial charge in [0.2, 0.25) is 0 Å². The molecule has 4 heteroatoms. The highest BCUT2D eigenvalue weighted by Gasteiger charge is 2.19. The van der Waals surface area contributed by atoms with E-state index in [4.69, 9.17) is 10.5 Å². The number of ether oxygens (including phenoxy) is 1. The second-order valence-corrected chi connectivity index (χ2v) is 5.37. The number of carbonyl (C=O) groups is 1. The Kier molecular flexibility index (Phi) is 4.29. The standard InChI is InChI=1S/C17H20N2O2/c1-17(2,21-3)13-6-4-12(5-7-13)16(20)19-15-10-8-14(18)9-11-15/h4-11H,18H2,1-3H3,(H,19,20). The second kappa shape index (κ2) is 5.97. The minimum atomic E-state index is -0.369. The summed E-state index contributed by atoms with van der Waals surface area (Å²) in [6.07, 6.45) is 0. The van der Waals surface area contributed by atoms with Crippen molar-refractivity contribution < 1.29 is 9.53 Å². The molecule has 3 N–H and O–H groups in total. The molecule has 0 spiro atoms. The van der Waals surface area contributed by atoms with Crippen molar-refractivity contribution in [2.45, 2.75) is 19.4 Å². The number of hydrogen-bond donors (Lipinski definition) is 2. The Morgan fingerprint density at radius 3 is 2.14 bits per heavy atom. The summed E-state index contributed by atoms with van der Waals surface area (Å²) in [5, 5.41) is 2.83. The van der Waals surface area contributed by atoms with Gasteiger partial charge in [-0.1, -0.05) is 12.1 Å². The molecule has 2 rings (SSSR count). The largest absolute Gasteiger partial charge is 0.399 e. The summed E-state index contributed by atoms with van der Waals surface area (Å²) in [6.45, 7) is 3.97. The third kappa shape index (κ3) is 3.61. The summed E-state index contributed by atoms with van der Waals surface area (Å²) in [4.78, 5) is 12.2. The fourth-order valence-corrected chi connectivity index (χ4v) is 1.91. The smallest absolute Gasteiger partial charge is 0.255 e. The first kappa shape index (κ1) is 15.1. The molecule has 0 aliphatic rings. The summed E-state index contributed by atoms with van der Waals surface area (Å²) in [5.41, 5.74) is 8.25. The van der Waals surface area contributed by atoms with E-state index in [9.17, 15) is 4.79 Å². The van der Waals surface area contributed by atoms with Crippen LogP contribution >= 0.6 is 0 Å². The van der Waals surface area contributed by atoms with Crippen LogP contribution < -0.4 is 11.1 Å². The van der Waals surface area contributed by atoms with E-state index in [1.807, 2.05) is 26.0 Å². The molecule has 0 atom stereocenters. The van der Waals surface area contributed by atoms with E-state index in [1.54, 1.807) is 43.5 Å². The van der Waals surface area contributed by atoms with Crippen LogP contribution in [0.5, 0.6) is 0 Å². The molecule has 0 saturated heterocycles. The minimum Gasteiger partial charge on any atom is -0.399 e. The van der Waals surface area contributed by atoms with Crippen LogP contribution in [0.15, 0.2) is 48.5 Å². The molecule has 4 nitrogen and oxygen atoms in total. The molecule has 0 saturated carbocycles. The Morgan fingerprint density at radius 1 is 1.05 bits per heavy atom. The Bertz CT molecular complexity index is 616. The van der Waals surface area contributed by atoms with Gasteiger partial charge in [-0.15, -0.1) is 0 Å². The minimum absolute atomic E-state index is 0.151. The van der Waals surface area contributed by atoms with Gasteiger partial charge in [0.15, 0.2) is 0 Å². The Balaban J connectivity index is 2.11. The van der Waals surface area contributed by atoms with Crippen molar-refractivity contribution in [3.63, 3.8) is 0 Å². The van der Waals surface area contributed by atoms with Crippen LogP contribution in [0.25, 0.3) is 0 Å². The highest BCUT2D eigenvalue weighted by atomic mass is 16.5. The molecule has 110 valence electrons. The predicted molar refractivity (Wildman–Crippen MR) is 85.3 cm³/mol. The monoisotopic (exact) mass is 284 g/mol. The lowest BCUT2D eigenvalue weighted by Gasteiger charge is -2.23. The first-order chi connectivity index (χ1) is 9.92. The van der Waals surface area contributed by atoms with Gasteiger partial charge in [0.1, 0.15) is 0 Å². The first-order valence-electron chi connectivity index (χ1n) is 6.75. The molecule has 21 heavy (non-hydrogen) atoms. The molecular weight excluding hydrogens is 264 g/mol. The first-order valence-corrected chi connectivity index (χ1v) is 6.75. The SMILES string of the molecule is COC(C)(C)c1ccc(C(=O)Nc2ccc(N)cc2)cc1. The van der Waals surface area contributed by atoms with Crippen molar-refractivity contribution >= 4 is 17.3 Å². The van der Waals surface area contributed by atoms with Gasteiger partial charge in [0.05, 0.1) is 5.60 Å². The van der Waals surface area contributed by atoms with Gasteiger partial charge in [0.25, 0.3) is 5.91 Å². The molecule has 1 amide bonds. The molecule has 0 aliphatic heterocycles. The van der Waals surface area contributed by atoms with Crippen LogP contribution in [-0.2, 0) is 10.3 Å². The summed E-state index contributed by atoms with van der Waals surface area (Å²) in [7, 11) is 1.67. The predicted octanol–water partition coefficient (Wildman–Crippen LogP) is 3.40. The summed E-state index contributed by atoms with van der Waals surface area (Å²) in [5.74, 6) is -0.151. The van der Waals surface area contributed by atoms with Crippen molar-refractivity contribution in [3.8, 4) is 0 Å². The van der Waals surface area contributed by atoms with Gasteiger partial charge in [-0.2, -0.15) is 0 Å². The number of benzene rings is 2. The summed E-state index contributed by atoms with van der Waals surface area (Å²) >= 11 is 0. The van der Waals surface area contributed by atoms with Crippen LogP contribution in [0.2, 0.25) is 0 Å². The van der Waals surface area contributed by atoms with Gasteiger partial charge >= 0.3 is 0 Å². The molecule has 2 aromatic rings. The van der Waals surface area contributed by atoms with E-state index in [0.717, 1.165) is 11.3 Å². The van der Waals surface area contributed by atoms with Gasteiger partial charge in [-0.3, -0.25) is 4.79 Å². The molecule has 0 unspecified atom stereocenters. The molecule has 2 aromatic carbocycles. The van der Waals surface area contributed by atoms with Gasteiger partial charge < -0.3 is 15.8 Å². The van der Waals surface area contributed by atoms with Crippen molar-refractivity contribution in [2.75, 3.05) is 18.2 Å². The maximum Gasteiger partial charge on any atom is 0.255 e. The third-order valence-corrected chi connectivity index (χ3v) is 3.52. The third-order valence-electron chi connectivity index (χ3n) is 3.52. The van der Waals surface area contributed by atoms with Crippen molar-refractivity contribution in [1.82, 2.24) is 0 Å². The Morgan fingerprint density at radius 2 is 1.62 bits per heavy atom. The quantitative estimate of drug-likeness (QED) is 0.846. The van der Waals surface area contributed by atoms with Crippen LogP contribution in [0.4, 0.5) is 11.4 Å². The van der Waals surface area contributed by atoms with E-state index < -0.39 is 0 Å². The zero-order chi connectivity index (χ0) is 15.5. The molecule has 0 radical (unpaired) electrons. The fourth-order valence-electron chi connectivity index (χ4n) is 1.91. The average molecular weight is 284 g/mol. The zero-order valence-corrected chi connectivity index (χ0v) is 12.5. The summed E-state index contributed by atoms with van der Waals surface area (Å²) in [6, 6.07) is 14.4. The maximum atomic E-state index is 12.2. The number of nitrogens with one attached hydrogen (secondary N) is 1. The van der Waals surface area contributed by atoms with Crippen molar-refractivity contribution in [2.24, 2.45) is 0 Å². The van der Waals surface area contributed by atoms with Gasteiger partial charge in [0, 0.05) is 24.0 Å². The van der Waals surface area contributed by atoms with Crippen LogP contribution in [0, 0.1) is 0 Å². The number of hydrogen-bond acceptors (Lipinski definition) is 3. The lowest BCUT2D eigenvalue weighted by atomic mass is 9.97. The number of anilines is 2. The average Bonchev–Trinajstić information content (AvgIpc) is 2.49. The number of amides is 1. The van der Waals surface area contributed by atoms with E-state index in [-0.39, 0.29) is 11.5 Å². The number of carbonyl (C=O) groups excluding carboxylic acids is 1.